The molecule has 7 rings (SSSR count). The Hall–Kier alpha value is -4.32. The first kappa shape index (κ1) is 42.8. The van der Waals surface area contributed by atoms with Crippen LogP contribution < -0.4 is 18.9 Å². The van der Waals surface area contributed by atoms with Gasteiger partial charge in [0, 0.05) is 44.1 Å². The first-order valence-corrected chi connectivity index (χ1v) is 22.1. The molecule has 2 heterocycles. The molecule has 1 amide bonds. The number of aliphatic hydroxyl groups is 2. The number of ether oxygens (including phenoxy) is 5. The number of hydrogen-bond donors (Lipinski definition) is 2. The molecule has 320 valence electrons. The maximum absolute atomic E-state index is 15.1. The topological polar surface area (TPSA) is 129 Å². The Kier molecular flexibility index (Phi) is 14.7. The minimum absolute atomic E-state index is 0.0423. The Balaban J connectivity index is 1.42. The van der Waals surface area contributed by atoms with Crippen LogP contribution in [0.5, 0.6) is 23.0 Å². The highest BCUT2D eigenvalue weighted by atomic mass is 16.7. The van der Waals surface area contributed by atoms with Crippen LogP contribution in [-0.4, -0.2) is 78.4 Å². The van der Waals surface area contributed by atoms with Gasteiger partial charge in [-0.05, 0) is 98.2 Å². The average molecular weight is 813 g/mol. The molecule has 0 radical (unpaired) electrons. The number of rotatable bonds is 22. The van der Waals surface area contributed by atoms with Crippen molar-refractivity contribution in [1.82, 2.24) is 4.90 Å². The van der Waals surface area contributed by atoms with Crippen LogP contribution in [0.25, 0.3) is 0 Å². The van der Waals surface area contributed by atoms with E-state index < -0.39 is 17.7 Å². The summed E-state index contributed by atoms with van der Waals surface area (Å²) in [4.78, 5) is 23.0. The standard InChI is InChI=1S/C48H64N2O9/c1-4-25-54-36-19-21-41-39(29-36)46-37(16-10-12-24-52)35(15-9-11-23-51)28-38-40(49-58-6-3)30-44(48(59-41,47(38)46)57-26-5-2)50(45(53)22-18-33-13-7-8-14-33)31-34-17-20-42-43(27-34)56-32-55-42/h4-5,17,19-21,27-29,33,35,37,44,46-47,51-52H,1-2,6-16,18,22-26,30-32H2,3H3/t35-,37+,44-,46+,47+,48+/m0/s1. The first-order chi connectivity index (χ1) is 28.9. The van der Waals surface area contributed by atoms with E-state index in [1.807, 2.05) is 42.2 Å². The third kappa shape index (κ3) is 9.37. The molecule has 59 heavy (non-hydrogen) atoms. The number of nitrogens with zero attached hydrogens (tertiary/aromatic N) is 2. The fourth-order valence-electron chi connectivity index (χ4n) is 10.4. The zero-order chi connectivity index (χ0) is 41.2. The molecule has 0 unspecified atom stereocenters. The molecule has 3 aliphatic carbocycles. The van der Waals surface area contributed by atoms with E-state index in [1.165, 1.54) is 12.8 Å². The summed E-state index contributed by atoms with van der Waals surface area (Å²) < 4.78 is 32.2. The highest BCUT2D eigenvalue weighted by Crippen LogP contribution is 2.62. The largest absolute Gasteiger partial charge is 0.490 e. The summed E-state index contributed by atoms with van der Waals surface area (Å²) in [5, 5.41) is 24.7. The molecule has 2 aromatic rings. The number of benzene rings is 2. The lowest BCUT2D eigenvalue weighted by atomic mass is 9.55. The van der Waals surface area contributed by atoms with E-state index in [4.69, 9.17) is 33.7 Å². The normalized spacial score (nSPS) is 26.1. The number of carbonyl (C=O) groups is 1. The van der Waals surface area contributed by atoms with E-state index in [2.05, 4.69) is 25.3 Å². The molecule has 2 aromatic carbocycles. The minimum Gasteiger partial charge on any atom is -0.490 e. The molecule has 11 heteroatoms. The zero-order valence-corrected chi connectivity index (χ0v) is 34.9. The number of carbonyl (C=O) groups excluding carboxylic acids is 1. The van der Waals surface area contributed by atoms with Gasteiger partial charge in [0.05, 0.1) is 18.2 Å². The van der Waals surface area contributed by atoms with Crippen molar-refractivity contribution in [3.63, 3.8) is 0 Å². The molecule has 5 aliphatic rings. The molecule has 0 aromatic heterocycles. The summed E-state index contributed by atoms with van der Waals surface area (Å²) in [6.07, 6.45) is 17.0. The van der Waals surface area contributed by atoms with Crippen LogP contribution in [0.4, 0.5) is 0 Å². The Morgan fingerprint density at radius 1 is 0.949 bits per heavy atom. The second kappa shape index (κ2) is 20.3. The van der Waals surface area contributed by atoms with Crippen molar-refractivity contribution in [3.8, 4) is 23.0 Å². The van der Waals surface area contributed by atoms with Crippen LogP contribution in [0.2, 0.25) is 0 Å². The summed E-state index contributed by atoms with van der Waals surface area (Å²) >= 11 is 0. The van der Waals surface area contributed by atoms with Gasteiger partial charge >= 0.3 is 0 Å². The van der Waals surface area contributed by atoms with E-state index in [-0.39, 0.29) is 50.3 Å². The molecule has 2 saturated carbocycles. The summed E-state index contributed by atoms with van der Waals surface area (Å²) in [6, 6.07) is 11.3. The van der Waals surface area contributed by atoms with Gasteiger partial charge in [0.15, 0.2) is 11.5 Å². The number of oxime groups is 1. The van der Waals surface area contributed by atoms with E-state index in [1.54, 1.807) is 12.2 Å². The minimum atomic E-state index is -1.34. The average Bonchev–Trinajstić information content (AvgIpc) is 3.96. The summed E-state index contributed by atoms with van der Waals surface area (Å²) in [5.74, 6) is 1.73. The number of aliphatic hydroxyl groups excluding tert-OH is 2. The van der Waals surface area contributed by atoms with Crippen molar-refractivity contribution in [2.75, 3.05) is 39.8 Å². The highest BCUT2D eigenvalue weighted by Gasteiger charge is 2.65. The maximum atomic E-state index is 15.1. The van der Waals surface area contributed by atoms with Gasteiger partial charge < -0.3 is 43.6 Å². The molecule has 6 atom stereocenters. The number of allylic oxidation sites excluding steroid dienone is 1. The Labute approximate surface area is 350 Å². The van der Waals surface area contributed by atoms with E-state index >= 15 is 4.79 Å². The maximum Gasteiger partial charge on any atom is 0.239 e. The second-order valence-corrected chi connectivity index (χ2v) is 16.7. The van der Waals surface area contributed by atoms with Crippen molar-refractivity contribution in [1.29, 1.82) is 0 Å². The molecule has 2 fully saturated rings. The monoisotopic (exact) mass is 812 g/mol. The van der Waals surface area contributed by atoms with Crippen molar-refractivity contribution in [3.05, 3.63) is 84.5 Å². The van der Waals surface area contributed by atoms with Crippen LogP contribution in [0, 0.1) is 23.7 Å². The fraction of sp³-hybridized carbons (Fsp3) is 0.583. The highest BCUT2D eigenvalue weighted by molar-refractivity contribution is 6.03. The third-order valence-corrected chi connectivity index (χ3v) is 13.0. The van der Waals surface area contributed by atoms with E-state index in [0.29, 0.717) is 68.6 Å². The summed E-state index contributed by atoms with van der Waals surface area (Å²) in [6.45, 7) is 11.5. The quantitative estimate of drug-likeness (QED) is 0.0683. The molecule has 0 bridgehead atoms. The van der Waals surface area contributed by atoms with Crippen LogP contribution in [0.1, 0.15) is 107 Å². The smallest absolute Gasteiger partial charge is 0.239 e. The van der Waals surface area contributed by atoms with Crippen molar-refractivity contribution < 1.29 is 43.5 Å². The number of fused-ring (bicyclic) bond motifs is 3. The lowest BCUT2D eigenvalue weighted by Gasteiger charge is -2.60. The Morgan fingerprint density at radius 3 is 2.47 bits per heavy atom. The van der Waals surface area contributed by atoms with Crippen LogP contribution in [-0.2, 0) is 20.9 Å². The first-order valence-electron chi connectivity index (χ1n) is 22.1. The van der Waals surface area contributed by atoms with Gasteiger partial charge in [-0.15, -0.1) is 6.58 Å². The molecule has 0 spiro atoms. The van der Waals surface area contributed by atoms with Gasteiger partial charge in [0.2, 0.25) is 18.5 Å². The lowest BCUT2D eigenvalue weighted by Crippen LogP contribution is -2.70. The Morgan fingerprint density at radius 2 is 1.71 bits per heavy atom. The van der Waals surface area contributed by atoms with Crippen molar-refractivity contribution in [2.45, 2.75) is 115 Å². The van der Waals surface area contributed by atoms with Crippen LogP contribution in [0.3, 0.4) is 0 Å². The molecule has 2 N–H and O–H groups in total. The number of unbranched alkanes of at least 4 members (excludes halogenated alkanes) is 2. The van der Waals surface area contributed by atoms with Gasteiger partial charge in [0.1, 0.15) is 30.8 Å². The molecular weight excluding hydrogens is 749 g/mol. The summed E-state index contributed by atoms with van der Waals surface area (Å²) in [5.41, 5.74) is 3.74. The van der Waals surface area contributed by atoms with Gasteiger partial charge in [-0.2, -0.15) is 0 Å². The van der Waals surface area contributed by atoms with Crippen LogP contribution in [0.15, 0.2) is 78.5 Å². The molecular formula is C48H64N2O9. The van der Waals surface area contributed by atoms with Crippen LogP contribution >= 0.6 is 0 Å². The fourth-order valence-corrected chi connectivity index (χ4v) is 10.4. The van der Waals surface area contributed by atoms with Gasteiger partial charge in [0.25, 0.3) is 0 Å². The predicted molar refractivity (Wildman–Crippen MR) is 227 cm³/mol. The molecule has 2 aliphatic heterocycles. The van der Waals surface area contributed by atoms with E-state index in [9.17, 15) is 10.2 Å². The Bertz CT molecular complexity index is 1820. The number of hydrogen-bond acceptors (Lipinski definition) is 10. The molecule has 0 saturated heterocycles. The SMILES string of the molecule is C=CCOc1ccc2c(c1)[C@H]1[C@H](CCCCO)[C@@H](CCCCO)C=C3C(=NOCC)C[C@H](N(Cc4ccc5c(c4)OCO5)C(=O)CCC4CCCC4)[C@@](OCC=C)(O2)[C@H]31. The van der Waals surface area contributed by atoms with E-state index in [0.717, 1.165) is 73.1 Å². The zero-order valence-electron chi connectivity index (χ0n) is 34.9. The third-order valence-electron chi connectivity index (χ3n) is 13.0. The van der Waals surface area contributed by atoms with Gasteiger partial charge in [-0.3, -0.25) is 4.79 Å². The number of amides is 1. The lowest BCUT2D eigenvalue weighted by molar-refractivity contribution is -0.258. The van der Waals surface area contributed by atoms with Crippen molar-refractivity contribution >= 4 is 11.6 Å². The predicted octanol–water partition coefficient (Wildman–Crippen LogP) is 8.63. The molecule has 11 nitrogen and oxygen atoms in total. The van der Waals surface area contributed by atoms with Crippen molar-refractivity contribution in [2.24, 2.45) is 28.8 Å². The van der Waals surface area contributed by atoms with Gasteiger partial charge in [-0.25, -0.2) is 0 Å². The summed E-state index contributed by atoms with van der Waals surface area (Å²) in [7, 11) is 0. The van der Waals surface area contributed by atoms with Gasteiger partial charge in [-0.1, -0.05) is 74.6 Å². The second-order valence-electron chi connectivity index (χ2n) is 16.7.